The highest BCUT2D eigenvalue weighted by Crippen LogP contribution is 2.36. The molecule has 18 heavy (non-hydrogen) atoms. The highest BCUT2D eigenvalue weighted by Gasteiger charge is 2.52. The van der Waals surface area contributed by atoms with Gasteiger partial charge in [-0.25, -0.2) is 8.42 Å². The molecule has 1 aromatic heterocycles. The first-order chi connectivity index (χ1) is 8.45. The average molecular weight is 273 g/mol. The van der Waals surface area contributed by atoms with Gasteiger partial charge in [-0.15, -0.1) is 0 Å². The number of rotatable bonds is 4. The summed E-state index contributed by atoms with van der Waals surface area (Å²) in [6, 6.07) is 1.33. The number of nitrogens with zero attached hydrogens (tertiary/aromatic N) is 2. The van der Waals surface area contributed by atoms with Gasteiger partial charge in [-0.2, -0.15) is 9.40 Å². The molecule has 2 heterocycles. The lowest BCUT2D eigenvalue weighted by atomic mass is 9.95. The number of hydrogen-bond acceptors (Lipinski definition) is 4. The molecule has 0 saturated carbocycles. The van der Waals surface area contributed by atoms with Crippen molar-refractivity contribution in [2.24, 2.45) is 0 Å². The Hall–Kier alpha value is -1.41. The first-order valence-corrected chi connectivity index (χ1v) is 7.15. The van der Waals surface area contributed by atoms with Gasteiger partial charge in [0.1, 0.15) is 5.54 Å². The Morgan fingerprint density at radius 1 is 1.67 bits per heavy atom. The Labute approximate surface area is 105 Å². The van der Waals surface area contributed by atoms with Gasteiger partial charge >= 0.3 is 5.97 Å². The van der Waals surface area contributed by atoms with Gasteiger partial charge in [0.2, 0.25) is 0 Å². The molecule has 1 fully saturated rings. The summed E-state index contributed by atoms with van der Waals surface area (Å²) < 4.78 is 25.8. The number of aromatic nitrogens is 2. The third-order valence-electron chi connectivity index (χ3n) is 3.46. The minimum Gasteiger partial charge on any atom is -0.480 e. The molecule has 0 aromatic carbocycles. The summed E-state index contributed by atoms with van der Waals surface area (Å²) in [6.45, 7) is 1.91. The molecule has 0 radical (unpaired) electrons. The van der Waals surface area contributed by atoms with Crippen LogP contribution in [-0.2, 0) is 14.8 Å². The average Bonchev–Trinajstić information content (AvgIpc) is 2.99. The third kappa shape index (κ3) is 1.72. The van der Waals surface area contributed by atoms with E-state index in [1.807, 2.05) is 0 Å². The molecule has 0 amide bonds. The molecule has 0 spiro atoms. The van der Waals surface area contributed by atoms with Crippen molar-refractivity contribution < 1.29 is 18.3 Å². The monoisotopic (exact) mass is 273 g/mol. The summed E-state index contributed by atoms with van der Waals surface area (Å²) in [5.74, 6) is -1.09. The van der Waals surface area contributed by atoms with E-state index in [0.717, 1.165) is 4.31 Å². The fourth-order valence-electron chi connectivity index (χ4n) is 2.43. The largest absolute Gasteiger partial charge is 0.480 e. The summed E-state index contributed by atoms with van der Waals surface area (Å²) in [5.41, 5.74) is -1.33. The number of aromatic amines is 1. The predicted molar refractivity (Wildman–Crippen MR) is 62.4 cm³/mol. The first kappa shape index (κ1) is 13.0. The minimum atomic E-state index is -3.83. The zero-order chi connectivity index (χ0) is 13.4. The third-order valence-corrected chi connectivity index (χ3v) is 5.35. The summed E-state index contributed by atoms with van der Waals surface area (Å²) in [7, 11) is -3.83. The van der Waals surface area contributed by atoms with Crippen LogP contribution >= 0.6 is 0 Å². The lowest BCUT2D eigenvalue weighted by Crippen LogP contribution is -2.52. The topological polar surface area (TPSA) is 103 Å². The van der Waals surface area contributed by atoms with Gasteiger partial charge in [0.15, 0.2) is 5.03 Å². The summed E-state index contributed by atoms with van der Waals surface area (Å²) in [5, 5.41) is 15.3. The van der Waals surface area contributed by atoms with E-state index < -0.39 is 21.5 Å². The van der Waals surface area contributed by atoms with E-state index in [0.29, 0.717) is 12.8 Å². The SMILES string of the molecule is CCC1(C(=O)O)CCCN1S(=O)(=O)c1ccn[nH]1. The van der Waals surface area contributed by atoms with Gasteiger partial charge in [0, 0.05) is 6.54 Å². The zero-order valence-corrected chi connectivity index (χ0v) is 10.8. The molecule has 2 N–H and O–H groups in total. The lowest BCUT2D eigenvalue weighted by molar-refractivity contribution is -0.147. The molecule has 0 aliphatic carbocycles. The van der Waals surface area contributed by atoms with Crippen LogP contribution in [0.25, 0.3) is 0 Å². The first-order valence-electron chi connectivity index (χ1n) is 5.71. The smallest absolute Gasteiger partial charge is 0.325 e. The number of H-pyrrole nitrogens is 1. The van der Waals surface area contributed by atoms with Gasteiger partial charge < -0.3 is 5.11 Å². The molecule has 1 unspecified atom stereocenters. The van der Waals surface area contributed by atoms with Gasteiger partial charge in [-0.1, -0.05) is 6.92 Å². The second-order valence-corrected chi connectivity index (χ2v) is 6.12. The van der Waals surface area contributed by atoms with Crippen LogP contribution in [0.1, 0.15) is 26.2 Å². The maximum atomic E-state index is 12.4. The number of carbonyl (C=O) groups is 1. The van der Waals surface area contributed by atoms with Crippen LogP contribution in [0.15, 0.2) is 17.3 Å². The molecule has 100 valence electrons. The molecule has 7 nitrogen and oxygen atoms in total. The van der Waals surface area contributed by atoms with Gasteiger partial charge in [-0.3, -0.25) is 9.89 Å². The van der Waals surface area contributed by atoms with Crippen LogP contribution in [0.4, 0.5) is 0 Å². The molecular formula is C10H15N3O4S. The normalized spacial score (nSPS) is 25.4. The Morgan fingerprint density at radius 2 is 2.39 bits per heavy atom. The Bertz CT molecular complexity index is 539. The van der Waals surface area contributed by atoms with Crippen molar-refractivity contribution in [1.82, 2.24) is 14.5 Å². The Balaban J connectivity index is 2.47. The van der Waals surface area contributed by atoms with E-state index in [4.69, 9.17) is 0 Å². The number of carboxylic acids is 1. The van der Waals surface area contributed by atoms with Crippen molar-refractivity contribution in [2.45, 2.75) is 36.8 Å². The van der Waals surface area contributed by atoms with E-state index in [1.54, 1.807) is 6.92 Å². The molecule has 8 heteroatoms. The summed E-state index contributed by atoms with van der Waals surface area (Å²) >= 11 is 0. The van der Waals surface area contributed by atoms with Crippen LogP contribution in [0.5, 0.6) is 0 Å². The zero-order valence-electron chi connectivity index (χ0n) is 9.96. The van der Waals surface area contributed by atoms with E-state index in [9.17, 15) is 18.3 Å². The Morgan fingerprint density at radius 3 is 2.89 bits per heavy atom. The highest BCUT2D eigenvalue weighted by atomic mass is 32.2. The van der Waals surface area contributed by atoms with Crippen molar-refractivity contribution in [3.8, 4) is 0 Å². The van der Waals surface area contributed by atoms with Crippen LogP contribution in [0.3, 0.4) is 0 Å². The van der Waals surface area contributed by atoms with E-state index in [1.165, 1.54) is 12.3 Å². The number of aliphatic carboxylic acids is 1. The number of nitrogens with one attached hydrogen (secondary N) is 1. The molecule has 1 saturated heterocycles. The van der Waals surface area contributed by atoms with Crippen molar-refractivity contribution in [3.05, 3.63) is 12.3 Å². The summed E-state index contributed by atoms with van der Waals surface area (Å²) in [4.78, 5) is 11.4. The standard InChI is InChI=1S/C10H15N3O4S/c1-2-10(9(14)15)5-3-7-13(10)18(16,17)8-4-6-11-12-8/h4,6H,2-3,5,7H2,1H3,(H,11,12)(H,14,15). The molecule has 0 bridgehead atoms. The van der Waals surface area contributed by atoms with Crippen molar-refractivity contribution in [1.29, 1.82) is 0 Å². The van der Waals surface area contributed by atoms with Crippen LogP contribution < -0.4 is 0 Å². The molecule has 2 rings (SSSR count). The quantitative estimate of drug-likeness (QED) is 0.827. The van der Waals surface area contributed by atoms with Gasteiger partial charge in [0.05, 0.1) is 6.20 Å². The van der Waals surface area contributed by atoms with Crippen LogP contribution in [0, 0.1) is 0 Å². The predicted octanol–water partition coefficient (Wildman–Crippen LogP) is 0.428. The molecule has 1 aliphatic heterocycles. The minimum absolute atomic E-state index is 0.0662. The van der Waals surface area contributed by atoms with E-state index in [-0.39, 0.29) is 18.0 Å². The Kier molecular flexibility index (Phi) is 3.16. The fraction of sp³-hybridized carbons (Fsp3) is 0.600. The molecule has 1 aromatic rings. The maximum absolute atomic E-state index is 12.4. The van der Waals surface area contributed by atoms with Gasteiger partial charge in [0.25, 0.3) is 10.0 Å². The molecule has 1 atom stereocenters. The maximum Gasteiger partial charge on any atom is 0.325 e. The summed E-state index contributed by atoms with van der Waals surface area (Å²) in [6.07, 6.45) is 2.47. The van der Waals surface area contributed by atoms with Crippen molar-refractivity contribution >= 4 is 16.0 Å². The van der Waals surface area contributed by atoms with E-state index >= 15 is 0 Å². The van der Waals surface area contributed by atoms with E-state index in [2.05, 4.69) is 10.2 Å². The van der Waals surface area contributed by atoms with Crippen molar-refractivity contribution in [2.75, 3.05) is 6.54 Å². The van der Waals surface area contributed by atoms with Crippen molar-refractivity contribution in [3.63, 3.8) is 0 Å². The second-order valence-electron chi connectivity index (χ2n) is 4.29. The van der Waals surface area contributed by atoms with Gasteiger partial charge in [-0.05, 0) is 25.3 Å². The highest BCUT2D eigenvalue weighted by molar-refractivity contribution is 7.89. The van der Waals surface area contributed by atoms with Crippen LogP contribution in [-0.4, -0.2) is 46.1 Å². The number of sulfonamides is 1. The molecular weight excluding hydrogens is 258 g/mol. The molecule has 1 aliphatic rings. The second kappa shape index (κ2) is 4.36. The fourth-order valence-corrected chi connectivity index (χ4v) is 4.19. The lowest BCUT2D eigenvalue weighted by Gasteiger charge is -2.32. The number of carboxylic acid groups (broad SMARTS) is 1. The number of hydrogen-bond donors (Lipinski definition) is 2. The van der Waals surface area contributed by atoms with Crippen LogP contribution in [0.2, 0.25) is 0 Å².